The van der Waals surface area contributed by atoms with Crippen molar-refractivity contribution in [1.82, 2.24) is 15.4 Å². The van der Waals surface area contributed by atoms with Crippen LogP contribution in [0.15, 0.2) is 4.52 Å². The van der Waals surface area contributed by atoms with Crippen molar-refractivity contribution in [3.05, 3.63) is 17.0 Å². The van der Waals surface area contributed by atoms with Crippen molar-refractivity contribution in [2.24, 2.45) is 0 Å². The summed E-state index contributed by atoms with van der Waals surface area (Å²) in [6, 6.07) is 0.377. The maximum atomic E-state index is 5.27. The van der Waals surface area contributed by atoms with Crippen LogP contribution in [0.1, 0.15) is 43.8 Å². The van der Waals surface area contributed by atoms with Gasteiger partial charge < -0.3 is 9.84 Å². The monoisotopic (exact) mass is 237 g/mol. The molecule has 2 heterocycles. The Morgan fingerprint density at radius 1 is 1.41 bits per heavy atom. The van der Waals surface area contributed by atoms with Crippen LogP contribution in [0.25, 0.3) is 0 Å². The van der Waals surface area contributed by atoms with Gasteiger partial charge in [-0.1, -0.05) is 5.16 Å². The van der Waals surface area contributed by atoms with Crippen molar-refractivity contribution < 1.29 is 4.52 Å². The zero-order chi connectivity index (χ0) is 12.6. The lowest BCUT2D eigenvalue weighted by Gasteiger charge is -2.42. The maximum absolute atomic E-state index is 5.27. The van der Waals surface area contributed by atoms with Gasteiger partial charge in [-0.15, -0.1) is 0 Å². The molecule has 1 saturated heterocycles. The molecule has 0 spiro atoms. The lowest BCUT2D eigenvalue weighted by atomic mass is 9.98. The van der Waals surface area contributed by atoms with Gasteiger partial charge in [0.15, 0.2) is 0 Å². The summed E-state index contributed by atoms with van der Waals surface area (Å²) in [5, 5.41) is 7.59. The molecule has 0 amide bonds. The number of piperazine rings is 1. The lowest BCUT2D eigenvalue weighted by molar-refractivity contribution is 0.116. The van der Waals surface area contributed by atoms with Crippen molar-refractivity contribution in [3.8, 4) is 0 Å². The topological polar surface area (TPSA) is 41.3 Å². The molecule has 1 aromatic heterocycles. The number of hydrogen-bond donors (Lipinski definition) is 1. The second kappa shape index (κ2) is 4.42. The highest BCUT2D eigenvalue weighted by Crippen LogP contribution is 2.28. The molecule has 0 aliphatic carbocycles. The molecule has 1 unspecified atom stereocenters. The summed E-state index contributed by atoms with van der Waals surface area (Å²) in [5.74, 6) is 0.950. The SMILES string of the molecule is Cc1noc(C)c1C(C)N1CCNC(C)(C)C1. The highest BCUT2D eigenvalue weighted by atomic mass is 16.5. The second-order valence-electron chi connectivity index (χ2n) is 5.69. The van der Waals surface area contributed by atoms with E-state index in [4.69, 9.17) is 4.52 Å². The predicted molar refractivity (Wildman–Crippen MR) is 68.0 cm³/mol. The summed E-state index contributed by atoms with van der Waals surface area (Å²) >= 11 is 0. The van der Waals surface area contributed by atoms with Gasteiger partial charge in [-0.05, 0) is 34.6 Å². The van der Waals surface area contributed by atoms with Gasteiger partial charge in [-0.3, -0.25) is 4.90 Å². The molecule has 4 heteroatoms. The number of nitrogens with one attached hydrogen (secondary N) is 1. The van der Waals surface area contributed by atoms with E-state index in [0.717, 1.165) is 31.1 Å². The zero-order valence-corrected chi connectivity index (χ0v) is 11.5. The smallest absolute Gasteiger partial charge is 0.138 e. The Balaban J connectivity index is 2.17. The summed E-state index contributed by atoms with van der Waals surface area (Å²) in [6.45, 7) is 13.9. The van der Waals surface area contributed by atoms with Crippen LogP contribution >= 0.6 is 0 Å². The van der Waals surface area contributed by atoms with Crippen LogP contribution in [-0.4, -0.2) is 35.2 Å². The molecule has 96 valence electrons. The van der Waals surface area contributed by atoms with E-state index in [9.17, 15) is 0 Å². The highest BCUT2D eigenvalue weighted by Gasteiger charge is 2.30. The standard InChI is InChI=1S/C13H23N3O/c1-9-12(11(3)17-15-9)10(2)16-7-6-14-13(4,5)8-16/h10,14H,6-8H2,1-5H3. The number of aryl methyl sites for hydroxylation is 2. The molecule has 1 atom stereocenters. The molecule has 0 saturated carbocycles. The van der Waals surface area contributed by atoms with E-state index in [-0.39, 0.29) is 5.54 Å². The Hall–Kier alpha value is -0.870. The minimum absolute atomic E-state index is 0.186. The van der Waals surface area contributed by atoms with Crippen molar-refractivity contribution in [2.75, 3.05) is 19.6 Å². The maximum Gasteiger partial charge on any atom is 0.138 e. The fraction of sp³-hybridized carbons (Fsp3) is 0.769. The van der Waals surface area contributed by atoms with Crippen LogP contribution in [-0.2, 0) is 0 Å². The van der Waals surface area contributed by atoms with Gasteiger partial charge in [-0.2, -0.15) is 0 Å². The molecule has 0 bridgehead atoms. The van der Waals surface area contributed by atoms with E-state index in [0.29, 0.717) is 6.04 Å². The van der Waals surface area contributed by atoms with Crippen LogP contribution in [0.3, 0.4) is 0 Å². The number of rotatable bonds is 2. The van der Waals surface area contributed by atoms with E-state index in [1.54, 1.807) is 0 Å². The normalized spacial score (nSPS) is 22.6. The summed E-state index contributed by atoms with van der Waals surface area (Å²) in [5.41, 5.74) is 2.46. The van der Waals surface area contributed by atoms with Crippen LogP contribution in [0.5, 0.6) is 0 Å². The van der Waals surface area contributed by atoms with Crippen molar-refractivity contribution >= 4 is 0 Å². The van der Waals surface area contributed by atoms with Gasteiger partial charge in [0, 0.05) is 36.8 Å². The molecule has 0 radical (unpaired) electrons. The van der Waals surface area contributed by atoms with Crippen LogP contribution < -0.4 is 5.32 Å². The summed E-state index contributed by atoms with van der Waals surface area (Å²) in [7, 11) is 0. The zero-order valence-electron chi connectivity index (χ0n) is 11.5. The molecule has 2 rings (SSSR count). The first-order valence-electron chi connectivity index (χ1n) is 6.32. The Bertz CT molecular complexity index is 378. The third-order valence-electron chi connectivity index (χ3n) is 3.66. The van der Waals surface area contributed by atoms with Gasteiger partial charge in [0.2, 0.25) is 0 Å². The molecule has 1 fully saturated rings. The fourth-order valence-corrected chi connectivity index (χ4v) is 2.78. The molecular weight excluding hydrogens is 214 g/mol. The van der Waals surface area contributed by atoms with E-state index in [1.165, 1.54) is 5.56 Å². The Morgan fingerprint density at radius 2 is 2.12 bits per heavy atom. The number of nitrogens with zero attached hydrogens (tertiary/aromatic N) is 2. The fourth-order valence-electron chi connectivity index (χ4n) is 2.78. The molecular formula is C13H23N3O. The number of hydrogen-bond acceptors (Lipinski definition) is 4. The quantitative estimate of drug-likeness (QED) is 0.854. The molecule has 1 N–H and O–H groups in total. The molecule has 4 nitrogen and oxygen atoms in total. The van der Waals surface area contributed by atoms with Crippen molar-refractivity contribution in [2.45, 2.75) is 46.2 Å². The third-order valence-corrected chi connectivity index (χ3v) is 3.66. The first-order valence-corrected chi connectivity index (χ1v) is 6.32. The van der Waals surface area contributed by atoms with Gasteiger partial charge in [0.25, 0.3) is 0 Å². The van der Waals surface area contributed by atoms with E-state index in [1.807, 2.05) is 13.8 Å². The van der Waals surface area contributed by atoms with E-state index < -0.39 is 0 Å². The molecule has 0 aromatic carbocycles. The van der Waals surface area contributed by atoms with Gasteiger partial charge in [0.05, 0.1) is 5.69 Å². The van der Waals surface area contributed by atoms with E-state index >= 15 is 0 Å². The largest absolute Gasteiger partial charge is 0.361 e. The summed E-state index contributed by atoms with van der Waals surface area (Å²) in [4.78, 5) is 2.50. The van der Waals surface area contributed by atoms with Gasteiger partial charge in [-0.25, -0.2) is 0 Å². The third kappa shape index (κ3) is 2.53. The molecule has 1 aromatic rings. The second-order valence-corrected chi connectivity index (χ2v) is 5.69. The number of aromatic nitrogens is 1. The minimum atomic E-state index is 0.186. The highest BCUT2D eigenvalue weighted by molar-refractivity contribution is 5.24. The Labute approximate surface area is 103 Å². The lowest BCUT2D eigenvalue weighted by Crippen LogP contribution is -2.57. The average molecular weight is 237 g/mol. The molecule has 17 heavy (non-hydrogen) atoms. The van der Waals surface area contributed by atoms with Gasteiger partial charge >= 0.3 is 0 Å². The van der Waals surface area contributed by atoms with Crippen LogP contribution in [0, 0.1) is 13.8 Å². The van der Waals surface area contributed by atoms with Crippen molar-refractivity contribution in [3.63, 3.8) is 0 Å². The van der Waals surface area contributed by atoms with Crippen LogP contribution in [0.2, 0.25) is 0 Å². The van der Waals surface area contributed by atoms with E-state index in [2.05, 4.69) is 36.1 Å². The first kappa shape index (κ1) is 12.6. The summed E-state index contributed by atoms with van der Waals surface area (Å²) < 4.78 is 5.27. The van der Waals surface area contributed by atoms with Gasteiger partial charge in [0.1, 0.15) is 5.76 Å². The molecule has 1 aliphatic heterocycles. The summed E-state index contributed by atoms with van der Waals surface area (Å²) in [6.07, 6.45) is 0. The Kier molecular flexibility index (Phi) is 3.27. The average Bonchev–Trinajstić information content (AvgIpc) is 2.56. The minimum Gasteiger partial charge on any atom is -0.361 e. The predicted octanol–water partition coefficient (Wildman–Crippen LogP) is 2.04. The Morgan fingerprint density at radius 3 is 2.65 bits per heavy atom. The molecule has 1 aliphatic rings. The first-order chi connectivity index (χ1) is 7.91. The van der Waals surface area contributed by atoms with Crippen LogP contribution in [0.4, 0.5) is 0 Å². The van der Waals surface area contributed by atoms with Crippen molar-refractivity contribution in [1.29, 1.82) is 0 Å².